The van der Waals surface area contributed by atoms with Crippen molar-refractivity contribution in [2.24, 2.45) is 10.4 Å². The first kappa shape index (κ1) is 21.8. The predicted octanol–water partition coefficient (Wildman–Crippen LogP) is 4.96. The first-order valence-electron chi connectivity index (χ1n) is 10.3. The summed E-state index contributed by atoms with van der Waals surface area (Å²) in [5.74, 6) is 1.36. The number of nitrogens with zero attached hydrogens (tertiary/aromatic N) is 3. The molecule has 1 saturated carbocycles. The summed E-state index contributed by atoms with van der Waals surface area (Å²) in [5.41, 5.74) is 2.49. The number of phenolic OH excluding ortho intramolecular Hbond substituents is 1. The Kier molecular flexibility index (Phi) is 5.78. The van der Waals surface area contributed by atoms with Crippen molar-refractivity contribution in [3.8, 4) is 17.5 Å². The van der Waals surface area contributed by atoms with E-state index in [1.807, 2.05) is 25.1 Å². The van der Waals surface area contributed by atoms with Gasteiger partial charge >= 0.3 is 0 Å². The first-order chi connectivity index (χ1) is 14.4. The molecule has 1 fully saturated rings. The van der Waals surface area contributed by atoms with Crippen LogP contribution in [0.5, 0.6) is 17.5 Å². The third-order valence-electron chi connectivity index (χ3n) is 5.84. The van der Waals surface area contributed by atoms with Crippen LogP contribution in [-0.4, -0.2) is 33.1 Å². The number of aliphatic imine (C=N–C) groups is 1. The number of hydrogen-bond donors (Lipinski definition) is 1. The summed E-state index contributed by atoms with van der Waals surface area (Å²) in [6, 6.07) is 12.4. The van der Waals surface area contributed by atoms with Gasteiger partial charge in [-0.2, -0.15) is 0 Å². The topological polar surface area (TPSA) is 76.8 Å². The maximum atomic E-state index is 10.2. The number of aromatic nitrogens is 2. The van der Waals surface area contributed by atoms with E-state index in [2.05, 4.69) is 29.9 Å². The predicted molar refractivity (Wildman–Crippen MR) is 114 cm³/mol. The Morgan fingerprint density at radius 2 is 2.06 bits per heavy atom. The van der Waals surface area contributed by atoms with Gasteiger partial charge in [-0.05, 0) is 61.6 Å². The van der Waals surface area contributed by atoms with Crippen LogP contribution in [0.15, 0.2) is 41.5 Å². The van der Waals surface area contributed by atoms with Gasteiger partial charge in [0.2, 0.25) is 5.88 Å². The van der Waals surface area contributed by atoms with Gasteiger partial charge in [0.25, 0.3) is 0 Å². The second kappa shape index (κ2) is 8.23. The molecule has 2 aromatic heterocycles. The normalized spacial score (nSPS) is 21.6. The number of phenols is 1. The maximum Gasteiger partial charge on any atom is 0.220 e. The molecule has 0 radical (unpaired) electrons. The number of aryl methyl sites for hydroxylation is 1. The zero-order valence-electron chi connectivity index (χ0n) is 17.7. The Morgan fingerprint density at radius 3 is 2.90 bits per heavy atom. The average molecular weight is 598 g/mol. The van der Waals surface area contributed by atoms with Gasteiger partial charge < -0.3 is 19.6 Å². The molecular formula is C24H24N3O3Pt-. The zero-order valence-corrected chi connectivity index (χ0v) is 19.9. The summed E-state index contributed by atoms with van der Waals surface area (Å²) in [4.78, 5) is 13.5. The van der Waals surface area contributed by atoms with Gasteiger partial charge in [-0.15, -0.1) is 17.7 Å². The van der Waals surface area contributed by atoms with Crippen molar-refractivity contribution in [3.05, 3.63) is 53.7 Å². The minimum absolute atomic E-state index is 0. The van der Waals surface area contributed by atoms with Gasteiger partial charge in [0.05, 0.1) is 6.04 Å². The summed E-state index contributed by atoms with van der Waals surface area (Å²) in [7, 11) is 0. The molecule has 0 saturated heterocycles. The van der Waals surface area contributed by atoms with Gasteiger partial charge in [-0.3, -0.25) is 0 Å². The van der Waals surface area contributed by atoms with E-state index in [-0.39, 0.29) is 44.8 Å². The molecule has 5 rings (SSSR count). The van der Waals surface area contributed by atoms with Crippen molar-refractivity contribution in [2.75, 3.05) is 0 Å². The number of aromatic hydroxyl groups is 1. The molecule has 1 aliphatic carbocycles. The van der Waals surface area contributed by atoms with Crippen LogP contribution in [0.4, 0.5) is 0 Å². The number of rotatable bonds is 3. The fourth-order valence-corrected chi connectivity index (χ4v) is 4.29. The minimum atomic E-state index is 0. The average Bonchev–Trinajstić information content (AvgIpc) is 3.11. The van der Waals surface area contributed by atoms with Gasteiger partial charge in [0.1, 0.15) is 23.3 Å². The fourth-order valence-electron chi connectivity index (χ4n) is 4.29. The van der Waals surface area contributed by atoms with Crippen LogP contribution < -0.4 is 4.74 Å². The van der Waals surface area contributed by atoms with E-state index in [4.69, 9.17) is 14.5 Å². The fraction of sp³-hybridized carbons (Fsp3) is 0.375. The molecule has 0 bridgehead atoms. The van der Waals surface area contributed by atoms with E-state index < -0.39 is 0 Å². The first-order valence-corrected chi connectivity index (χ1v) is 10.3. The molecule has 0 amide bonds. The summed E-state index contributed by atoms with van der Waals surface area (Å²) >= 11 is 0. The van der Waals surface area contributed by atoms with E-state index in [0.717, 1.165) is 35.8 Å². The number of benzene rings is 1. The molecule has 2 aliphatic rings. The molecular weight excluding hydrogens is 573 g/mol. The van der Waals surface area contributed by atoms with Crippen LogP contribution in [0, 0.1) is 18.4 Å². The molecule has 1 aromatic carbocycles. The smallest absolute Gasteiger partial charge is 0.220 e. The van der Waals surface area contributed by atoms with Crippen LogP contribution >= 0.6 is 0 Å². The van der Waals surface area contributed by atoms with E-state index >= 15 is 0 Å². The molecule has 31 heavy (non-hydrogen) atoms. The van der Waals surface area contributed by atoms with Crippen molar-refractivity contribution in [1.29, 1.82) is 0 Å². The summed E-state index contributed by atoms with van der Waals surface area (Å²) in [6.45, 7) is 6.51. The van der Waals surface area contributed by atoms with E-state index in [1.54, 1.807) is 18.3 Å². The van der Waals surface area contributed by atoms with Crippen molar-refractivity contribution in [2.45, 2.75) is 52.2 Å². The molecule has 0 spiro atoms. The second-order valence-electron chi connectivity index (χ2n) is 8.96. The van der Waals surface area contributed by atoms with Crippen molar-refractivity contribution >= 4 is 16.8 Å². The Balaban J connectivity index is 0.00000231. The molecule has 7 heteroatoms. The zero-order chi connectivity index (χ0) is 20.9. The molecule has 3 heterocycles. The molecule has 2 atom stereocenters. The summed E-state index contributed by atoms with van der Waals surface area (Å²) in [5, 5.41) is 11.0. The number of fused-ring (bicyclic) bond motifs is 2. The number of hydrogen-bond acceptors (Lipinski definition) is 6. The minimum Gasteiger partial charge on any atom is -0.529 e. The standard InChI is InChI=1S/C24H24N3O3.Pt/c1-14-10-15-4-5-20(27-22(15)18(28)11-14)30-21-12-16(7-9-25-21)23-26-17-13-24(2,3)8-6-19(17)29-23;/h4-5,7,9-11,17,19,28H,6,8,13H2,1-3H3;/q-1;/t17-,19-;/m0./s1. The Morgan fingerprint density at radius 1 is 1.23 bits per heavy atom. The van der Waals surface area contributed by atoms with Crippen LogP contribution in [-0.2, 0) is 25.8 Å². The van der Waals surface area contributed by atoms with Crippen LogP contribution in [0.1, 0.15) is 44.2 Å². The maximum absolute atomic E-state index is 10.2. The third kappa shape index (κ3) is 4.45. The second-order valence-corrected chi connectivity index (χ2v) is 8.96. The Hall–Kier alpha value is -2.46. The van der Waals surface area contributed by atoms with Gasteiger partial charge in [0, 0.05) is 32.5 Å². The number of ether oxygens (including phenoxy) is 2. The molecule has 1 N–H and O–H groups in total. The quantitative estimate of drug-likeness (QED) is 0.433. The van der Waals surface area contributed by atoms with Crippen molar-refractivity contribution < 1.29 is 35.6 Å². The van der Waals surface area contributed by atoms with Gasteiger partial charge in [-0.25, -0.2) is 9.97 Å². The van der Waals surface area contributed by atoms with Gasteiger partial charge in [0.15, 0.2) is 5.88 Å². The van der Waals surface area contributed by atoms with E-state index in [0.29, 0.717) is 22.7 Å². The molecule has 6 nitrogen and oxygen atoms in total. The van der Waals surface area contributed by atoms with Crippen LogP contribution in [0.25, 0.3) is 10.9 Å². The number of pyridine rings is 2. The van der Waals surface area contributed by atoms with E-state index in [1.165, 1.54) is 0 Å². The monoisotopic (exact) mass is 597 g/mol. The Bertz CT molecular complexity index is 1160. The summed E-state index contributed by atoms with van der Waals surface area (Å²) in [6.07, 6.45) is 4.99. The molecule has 3 aromatic rings. The Labute approximate surface area is 196 Å². The van der Waals surface area contributed by atoms with Crippen LogP contribution in [0.2, 0.25) is 0 Å². The van der Waals surface area contributed by atoms with Crippen molar-refractivity contribution in [1.82, 2.24) is 9.97 Å². The van der Waals surface area contributed by atoms with Crippen LogP contribution in [0.3, 0.4) is 0 Å². The SMILES string of the molecule is Cc1cc(O)c2nc(Oc3[c-]c(C4=N[C@H]5CC(C)(C)CC[C@@H]5O4)ccn3)ccc2c1.[Pt]. The molecule has 0 unspecified atom stereocenters. The van der Waals surface area contributed by atoms with Gasteiger partial charge in [-0.1, -0.05) is 13.8 Å². The van der Waals surface area contributed by atoms with E-state index in [9.17, 15) is 5.11 Å². The van der Waals surface area contributed by atoms with Crippen molar-refractivity contribution in [3.63, 3.8) is 0 Å². The largest absolute Gasteiger partial charge is 0.529 e. The summed E-state index contributed by atoms with van der Waals surface area (Å²) < 4.78 is 11.9. The third-order valence-corrected chi connectivity index (χ3v) is 5.84. The molecule has 1 aliphatic heterocycles. The molecule has 164 valence electrons.